The van der Waals surface area contributed by atoms with Gasteiger partial charge in [0.15, 0.2) is 0 Å². The Balaban J connectivity index is 1.75. The molecular formula is C20H33FN4O4S2. The van der Waals surface area contributed by atoms with Crippen LogP contribution < -0.4 is 5.32 Å². The molecule has 1 aromatic carbocycles. The average Bonchev–Trinajstić information content (AvgIpc) is 2.75. The number of nitrogens with one attached hydrogen (secondary N) is 1. The van der Waals surface area contributed by atoms with E-state index in [0.29, 0.717) is 38.8 Å². The molecule has 0 aromatic heterocycles. The van der Waals surface area contributed by atoms with Gasteiger partial charge in [-0.1, -0.05) is 6.42 Å². The van der Waals surface area contributed by atoms with Crippen LogP contribution in [0.1, 0.15) is 26.2 Å². The molecule has 1 atom stereocenters. The minimum absolute atomic E-state index is 0.0276. The van der Waals surface area contributed by atoms with E-state index in [9.17, 15) is 21.2 Å². The van der Waals surface area contributed by atoms with Crippen LogP contribution in [0.15, 0.2) is 29.2 Å². The fourth-order valence-corrected chi connectivity index (χ4v) is 7.10. The van der Waals surface area contributed by atoms with E-state index >= 15 is 0 Å². The Hall–Kier alpha value is -1.11. The zero-order chi connectivity index (χ0) is 22.5. The third kappa shape index (κ3) is 6.45. The summed E-state index contributed by atoms with van der Waals surface area (Å²) >= 11 is 0. The molecule has 0 saturated carbocycles. The van der Waals surface area contributed by atoms with E-state index in [-0.39, 0.29) is 23.7 Å². The lowest BCUT2D eigenvalue weighted by Gasteiger charge is -2.35. The summed E-state index contributed by atoms with van der Waals surface area (Å²) in [5.74, 6) is -0.794. The van der Waals surface area contributed by atoms with Gasteiger partial charge >= 0.3 is 0 Å². The largest absolute Gasteiger partial charge is 0.314 e. The molecule has 2 saturated heterocycles. The number of hydrogen-bond donors (Lipinski definition) is 1. The number of halogens is 1. The predicted molar refractivity (Wildman–Crippen MR) is 118 cm³/mol. The maximum absolute atomic E-state index is 13.3. The normalized spacial score (nSPS) is 22.1. The van der Waals surface area contributed by atoms with Gasteiger partial charge in [0, 0.05) is 51.9 Å². The molecular weight excluding hydrogens is 443 g/mol. The Kier molecular flexibility index (Phi) is 8.44. The standard InChI is InChI=1S/C20H33FN4O4S2/c1-18-4-2-3-11-23(18)14-15-25(31(28,29)20-7-5-19(21)6-8-20)16-17-30(26,27)24-12-9-22-10-13-24/h5-8,18,22H,2-4,9-17H2,1H3/t18-/m1/s1. The minimum Gasteiger partial charge on any atom is -0.314 e. The summed E-state index contributed by atoms with van der Waals surface area (Å²) in [6, 6.07) is 5.04. The molecule has 8 nitrogen and oxygen atoms in total. The molecule has 0 spiro atoms. The van der Waals surface area contributed by atoms with Crippen LogP contribution in [0.3, 0.4) is 0 Å². The molecule has 2 aliphatic heterocycles. The van der Waals surface area contributed by atoms with Crippen molar-refractivity contribution in [3.05, 3.63) is 30.1 Å². The quantitative estimate of drug-likeness (QED) is 0.570. The molecule has 176 valence electrons. The van der Waals surface area contributed by atoms with E-state index in [0.717, 1.165) is 37.9 Å². The van der Waals surface area contributed by atoms with Crippen molar-refractivity contribution < 1.29 is 21.2 Å². The van der Waals surface area contributed by atoms with Crippen LogP contribution in [0.5, 0.6) is 0 Å². The second-order valence-electron chi connectivity index (χ2n) is 8.20. The van der Waals surface area contributed by atoms with Gasteiger partial charge in [0.1, 0.15) is 5.82 Å². The summed E-state index contributed by atoms with van der Waals surface area (Å²) in [5, 5.41) is 3.11. The van der Waals surface area contributed by atoms with Gasteiger partial charge in [-0.2, -0.15) is 8.61 Å². The van der Waals surface area contributed by atoms with Crippen molar-refractivity contribution in [1.29, 1.82) is 0 Å². The van der Waals surface area contributed by atoms with Crippen LogP contribution in [-0.2, 0) is 20.0 Å². The van der Waals surface area contributed by atoms with Crippen LogP contribution in [0.25, 0.3) is 0 Å². The second-order valence-corrected chi connectivity index (χ2v) is 12.2. The van der Waals surface area contributed by atoms with Crippen LogP contribution in [0.2, 0.25) is 0 Å². The van der Waals surface area contributed by atoms with Crippen molar-refractivity contribution in [1.82, 2.24) is 18.8 Å². The van der Waals surface area contributed by atoms with Crippen LogP contribution in [0.4, 0.5) is 4.39 Å². The number of hydrogen-bond acceptors (Lipinski definition) is 6. The van der Waals surface area contributed by atoms with Gasteiger partial charge in [0.05, 0.1) is 10.6 Å². The molecule has 0 aliphatic carbocycles. The summed E-state index contributed by atoms with van der Waals surface area (Å²) in [4.78, 5) is 2.22. The highest BCUT2D eigenvalue weighted by molar-refractivity contribution is 7.90. The van der Waals surface area contributed by atoms with Gasteiger partial charge < -0.3 is 5.32 Å². The van der Waals surface area contributed by atoms with E-state index in [1.807, 2.05) is 0 Å². The highest BCUT2D eigenvalue weighted by atomic mass is 32.2. The smallest absolute Gasteiger partial charge is 0.243 e. The van der Waals surface area contributed by atoms with Crippen molar-refractivity contribution in [2.75, 3.05) is 58.1 Å². The SMILES string of the molecule is C[C@@H]1CCCCN1CCN(CCS(=O)(=O)N1CCNCC1)S(=O)(=O)c1ccc(F)cc1. The van der Waals surface area contributed by atoms with E-state index in [2.05, 4.69) is 17.1 Å². The number of likely N-dealkylation sites (tertiary alicyclic amines) is 1. The van der Waals surface area contributed by atoms with Crippen molar-refractivity contribution in [3.63, 3.8) is 0 Å². The molecule has 2 fully saturated rings. The first-order valence-corrected chi connectivity index (χ1v) is 13.9. The number of rotatable bonds is 9. The molecule has 0 bridgehead atoms. The number of sulfonamides is 2. The van der Waals surface area contributed by atoms with Crippen LogP contribution in [0, 0.1) is 5.82 Å². The van der Waals surface area contributed by atoms with Gasteiger partial charge in [-0.25, -0.2) is 21.2 Å². The zero-order valence-electron chi connectivity index (χ0n) is 18.0. The lowest BCUT2D eigenvalue weighted by atomic mass is 10.0. The second kappa shape index (κ2) is 10.7. The van der Waals surface area contributed by atoms with Gasteiger partial charge in [-0.05, 0) is 50.6 Å². The molecule has 0 amide bonds. The third-order valence-electron chi connectivity index (χ3n) is 6.10. The third-order valence-corrected chi connectivity index (χ3v) is 9.86. The molecule has 1 aromatic rings. The predicted octanol–water partition coefficient (Wildman–Crippen LogP) is 0.926. The van der Waals surface area contributed by atoms with E-state index in [1.165, 1.54) is 20.7 Å². The minimum atomic E-state index is -3.94. The summed E-state index contributed by atoms with van der Waals surface area (Å²) in [6.07, 6.45) is 3.31. The Labute approximate surface area is 185 Å². The lowest BCUT2D eigenvalue weighted by Crippen LogP contribution is -2.49. The molecule has 2 heterocycles. The van der Waals surface area contributed by atoms with Crippen LogP contribution >= 0.6 is 0 Å². The maximum Gasteiger partial charge on any atom is 0.243 e. The molecule has 3 rings (SSSR count). The highest BCUT2D eigenvalue weighted by Gasteiger charge is 2.30. The fraction of sp³-hybridized carbons (Fsp3) is 0.700. The van der Waals surface area contributed by atoms with Crippen LogP contribution in [-0.4, -0.2) is 94.5 Å². The molecule has 0 radical (unpaired) electrons. The summed E-state index contributed by atoms with van der Waals surface area (Å²) in [6.45, 7) is 5.59. The fourth-order valence-electron chi connectivity index (χ4n) is 4.11. The zero-order valence-corrected chi connectivity index (χ0v) is 19.7. The summed E-state index contributed by atoms with van der Waals surface area (Å²) < 4.78 is 68.0. The maximum atomic E-state index is 13.3. The summed E-state index contributed by atoms with van der Waals surface area (Å²) in [7, 11) is -7.51. The van der Waals surface area contributed by atoms with Crippen molar-refractivity contribution >= 4 is 20.0 Å². The Bertz CT molecular complexity index is 919. The van der Waals surface area contributed by atoms with E-state index < -0.39 is 25.9 Å². The Morgan fingerprint density at radius 2 is 1.71 bits per heavy atom. The van der Waals surface area contributed by atoms with E-state index in [4.69, 9.17) is 0 Å². The van der Waals surface area contributed by atoms with Crippen molar-refractivity contribution in [2.24, 2.45) is 0 Å². The van der Waals surface area contributed by atoms with Gasteiger partial charge in [0.25, 0.3) is 0 Å². The first-order chi connectivity index (χ1) is 14.7. The topological polar surface area (TPSA) is 90.0 Å². The number of piperazine rings is 1. The van der Waals surface area contributed by atoms with Crippen molar-refractivity contribution in [2.45, 2.75) is 37.1 Å². The van der Waals surface area contributed by atoms with Gasteiger partial charge in [-0.3, -0.25) is 4.90 Å². The average molecular weight is 477 g/mol. The molecule has 11 heteroatoms. The lowest BCUT2D eigenvalue weighted by molar-refractivity contribution is 0.152. The van der Waals surface area contributed by atoms with E-state index in [1.54, 1.807) is 0 Å². The molecule has 2 aliphatic rings. The first kappa shape index (κ1) is 24.5. The monoisotopic (exact) mass is 476 g/mol. The number of nitrogens with zero attached hydrogens (tertiary/aromatic N) is 3. The van der Waals surface area contributed by atoms with Crippen molar-refractivity contribution in [3.8, 4) is 0 Å². The van der Waals surface area contributed by atoms with Gasteiger partial charge in [-0.15, -0.1) is 0 Å². The highest BCUT2D eigenvalue weighted by Crippen LogP contribution is 2.19. The molecule has 31 heavy (non-hydrogen) atoms. The molecule has 0 unspecified atom stereocenters. The summed E-state index contributed by atoms with van der Waals surface area (Å²) in [5.41, 5.74) is 0. The molecule has 1 N–H and O–H groups in total. The Morgan fingerprint density at radius 3 is 2.35 bits per heavy atom. The first-order valence-electron chi connectivity index (χ1n) is 10.9. The van der Waals surface area contributed by atoms with Gasteiger partial charge in [0.2, 0.25) is 20.0 Å². The Morgan fingerprint density at radius 1 is 1.03 bits per heavy atom. The number of benzene rings is 1. The number of piperidine rings is 1.